The second-order valence-electron chi connectivity index (χ2n) is 2.69. The van der Waals surface area contributed by atoms with Gasteiger partial charge in [-0.2, -0.15) is 5.26 Å². The van der Waals surface area contributed by atoms with Crippen LogP contribution in [0.4, 0.5) is 0 Å². The van der Waals surface area contributed by atoms with Gasteiger partial charge in [0.1, 0.15) is 0 Å². The maximum Gasteiger partial charge on any atom is 0.181 e. The molecule has 1 heterocycles. The summed E-state index contributed by atoms with van der Waals surface area (Å²) in [6.07, 6.45) is -0.812. The Labute approximate surface area is 69.8 Å². The first-order valence-electron chi connectivity index (χ1n) is 3.64. The van der Waals surface area contributed by atoms with Crippen LogP contribution in [0, 0.1) is 11.3 Å². The number of aliphatic hydroxyl groups is 1. The van der Waals surface area contributed by atoms with E-state index in [0.29, 0.717) is 12.2 Å². The summed E-state index contributed by atoms with van der Waals surface area (Å²) in [6, 6.07) is 7.18. The van der Waals surface area contributed by atoms with E-state index < -0.39 is 6.29 Å². The lowest BCUT2D eigenvalue weighted by molar-refractivity contribution is -0.0918. The average molecular weight is 161 g/mol. The number of benzene rings is 1. The van der Waals surface area contributed by atoms with Crippen LogP contribution in [0.25, 0.3) is 0 Å². The molecule has 60 valence electrons. The number of hydrogen-bond acceptors (Lipinski definition) is 3. The van der Waals surface area contributed by atoms with Crippen molar-refractivity contribution in [1.29, 1.82) is 5.26 Å². The van der Waals surface area contributed by atoms with E-state index in [1.807, 2.05) is 6.07 Å². The molecule has 1 aliphatic rings. The normalized spacial score (nSPS) is 20.2. The molecule has 1 unspecified atom stereocenters. The molecule has 0 aromatic heterocycles. The third-order valence-electron chi connectivity index (χ3n) is 1.93. The van der Waals surface area contributed by atoms with E-state index in [2.05, 4.69) is 0 Å². The van der Waals surface area contributed by atoms with Crippen molar-refractivity contribution in [3.63, 3.8) is 0 Å². The van der Waals surface area contributed by atoms with Crippen LogP contribution in [-0.4, -0.2) is 5.11 Å². The SMILES string of the molecule is N#Cc1ccc2c(c1)COC2O. The van der Waals surface area contributed by atoms with E-state index in [9.17, 15) is 5.11 Å². The van der Waals surface area contributed by atoms with Crippen LogP contribution >= 0.6 is 0 Å². The molecule has 0 fully saturated rings. The van der Waals surface area contributed by atoms with Crippen molar-refractivity contribution in [2.75, 3.05) is 0 Å². The monoisotopic (exact) mass is 161 g/mol. The fourth-order valence-electron chi connectivity index (χ4n) is 1.30. The Morgan fingerprint density at radius 1 is 1.58 bits per heavy atom. The average Bonchev–Trinajstić information content (AvgIpc) is 2.47. The lowest BCUT2D eigenvalue weighted by Crippen LogP contribution is -1.91. The number of hydrogen-bond donors (Lipinski definition) is 1. The number of aliphatic hydroxyl groups excluding tert-OH is 1. The highest BCUT2D eigenvalue weighted by Crippen LogP contribution is 2.28. The maximum absolute atomic E-state index is 9.24. The fourth-order valence-corrected chi connectivity index (χ4v) is 1.30. The quantitative estimate of drug-likeness (QED) is 0.619. The Kier molecular flexibility index (Phi) is 1.58. The lowest BCUT2D eigenvalue weighted by atomic mass is 10.1. The summed E-state index contributed by atoms with van der Waals surface area (Å²) in [4.78, 5) is 0. The predicted molar refractivity (Wildman–Crippen MR) is 40.9 cm³/mol. The van der Waals surface area contributed by atoms with E-state index in [1.165, 1.54) is 0 Å². The van der Waals surface area contributed by atoms with Crippen molar-refractivity contribution in [1.82, 2.24) is 0 Å². The highest BCUT2D eigenvalue weighted by atomic mass is 16.6. The number of rotatable bonds is 0. The maximum atomic E-state index is 9.24. The molecule has 1 aromatic rings. The molecule has 1 atom stereocenters. The molecule has 0 radical (unpaired) electrons. The first-order chi connectivity index (χ1) is 5.81. The van der Waals surface area contributed by atoms with Gasteiger partial charge in [-0.25, -0.2) is 0 Å². The fraction of sp³-hybridized carbons (Fsp3) is 0.222. The Morgan fingerprint density at radius 3 is 3.17 bits per heavy atom. The largest absolute Gasteiger partial charge is 0.364 e. The molecule has 0 amide bonds. The van der Waals surface area contributed by atoms with Crippen LogP contribution in [0.2, 0.25) is 0 Å². The first-order valence-corrected chi connectivity index (χ1v) is 3.64. The minimum atomic E-state index is -0.812. The molecule has 0 bridgehead atoms. The van der Waals surface area contributed by atoms with Crippen LogP contribution < -0.4 is 0 Å². The van der Waals surface area contributed by atoms with Crippen LogP contribution in [0.1, 0.15) is 23.0 Å². The number of ether oxygens (including phenoxy) is 1. The topological polar surface area (TPSA) is 53.2 Å². The van der Waals surface area contributed by atoms with Gasteiger partial charge in [-0.15, -0.1) is 0 Å². The van der Waals surface area contributed by atoms with Crippen molar-refractivity contribution in [2.45, 2.75) is 12.9 Å². The molecule has 0 saturated heterocycles. The summed E-state index contributed by atoms with van der Waals surface area (Å²) in [7, 11) is 0. The van der Waals surface area contributed by atoms with Gasteiger partial charge in [0, 0.05) is 5.56 Å². The molecule has 1 aromatic carbocycles. The third-order valence-corrected chi connectivity index (χ3v) is 1.93. The second-order valence-corrected chi connectivity index (χ2v) is 2.69. The summed E-state index contributed by atoms with van der Waals surface area (Å²) in [5, 5.41) is 17.8. The first kappa shape index (κ1) is 7.29. The standard InChI is InChI=1S/C9H7NO2/c10-4-6-1-2-8-7(3-6)5-12-9(8)11/h1-3,9,11H,5H2. The lowest BCUT2D eigenvalue weighted by Gasteiger charge is -2.00. The van der Waals surface area contributed by atoms with E-state index >= 15 is 0 Å². The van der Waals surface area contributed by atoms with Crippen molar-refractivity contribution >= 4 is 0 Å². The van der Waals surface area contributed by atoms with Crippen LogP contribution in [0.3, 0.4) is 0 Å². The van der Waals surface area contributed by atoms with E-state index in [0.717, 1.165) is 11.1 Å². The van der Waals surface area contributed by atoms with E-state index in [1.54, 1.807) is 18.2 Å². The van der Waals surface area contributed by atoms with Gasteiger partial charge in [-0.05, 0) is 17.7 Å². The van der Waals surface area contributed by atoms with Gasteiger partial charge >= 0.3 is 0 Å². The molecule has 3 heteroatoms. The summed E-state index contributed by atoms with van der Waals surface area (Å²) in [5.41, 5.74) is 2.28. The summed E-state index contributed by atoms with van der Waals surface area (Å²) in [5.74, 6) is 0. The summed E-state index contributed by atoms with van der Waals surface area (Å²) >= 11 is 0. The van der Waals surface area contributed by atoms with Crippen LogP contribution in [0.15, 0.2) is 18.2 Å². The van der Waals surface area contributed by atoms with Crippen molar-refractivity contribution in [2.24, 2.45) is 0 Å². The van der Waals surface area contributed by atoms with Crippen LogP contribution in [0.5, 0.6) is 0 Å². The summed E-state index contributed by atoms with van der Waals surface area (Å²) < 4.78 is 4.97. The zero-order chi connectivity index (χ0) is 8.55. The van der Waals surface area contributed by atoms with Gasteiger partial charge in [0.05, 0.1) is 18.2 Å². The number of nitriles is 1. The molecular weight excluding hydrogens is 154 g/mol. The smallest absolute Gasteiger partial charge is 0.181 e. The zero-order valence-corrected chi connectivity index (χ0v) is 6.32. The van der Waals surface area contributed by atoms with Crippen LogP contribution in [-0.2, 0) is 11.3 Å². The molecule has 12 heavy (non-hydrogen) atoms. The van der Waals surface area contributed by atoms with Crippen molar-refractivity contribution < 1.29 is 9.84 Å². The molecule has 0 spiro atoms. The molecule has 1 N–H and O–H groups in total. The molecule has 0 saturated carbocycles. The molecular formula is C9H7NO2. The van der Waals surface area contributed by atoms with E-state index in [4.69, 9.17) is 10.00 Å². The minimum absolute atomic E-state index is 0.395. The number of fused-ring (bicyclic) bond motifs is 1. The Bertz CT molecular complexity index is 354. The molecule has 0 aliphatic carbocycles. The molecule has 1 aliphatic heterocycles. The Hall–Kier alpha value is -1.37. The minimum Gasteiger partial charge on any atom is -0.364 e. The van der Waals surface area contributed by atoms with Crippen molar-refractivity contribution in [3.05, 3.63) is 34.9 Å². The van der Waals surface area contributed by atoms with E-state index in [-0.39, 0.29) is 0 Å². The molecule has 3 nitrogen and oxygen atoms in total. The van der Waals surface area contributed by atoms with Gasteiger partial charge < -0.3 is 9.84 Å². The van der Waals surface area contributed by atoms with Gasteiger partial charge in [0.15, 0.2) is 6.29 Å². The predicted octanol–water partition coefficient (Wildman–Crippen LogP) is 1.08. The zero-order valence-electron chi connectivity index (χ0n) is 6.32. The van der Waals surface area contributed by atoms with Crippen molar-refractivity contribution in [3.8, 4) is 6.07 Å². The van der Waals surface area contributed by atoms with Gasteiger partial charge in [0.2, 0.25) is 0 Å². The van der Waals surface area contributed by atoms with Gasteiger partial charge in [-0.1, -0.05) is 6.07 Å². The van der Waals surface area contributed by atoms with Gasteiger partial charge in [0.25, 0.3) is 0 Å². The third kappa shape index (κ3) is 0.981. The Morgan fingerprint density at radius 2 is 2.42 bits per heavy atom. The highest BCUT2D eigenvalue weighted by molar-refractivity contribution is 5.39. The number of nitrogens with zero attached hydrogens (tertiary/aromatic N) is 1. The highest BCUT2D eigenvalue weighted by Gasteiger charge is 2.20. The summed E-state index contributed by atoms with van der Waals surface area (Å²) in [6.45, 7) is 0.395. The second kappa shape index (κ2) is 2.59. The Balaban J connectivity index is 2.50. The van der Waals surface area contributed by atoms with Gasteiger partial charge in [-0.3, -0.25) is 0 Å². The molecule has 2 rings (SSSR count).